The van der Waals surface area contributed by atoms with Crippen molar-refractivity contribution >= 4 is 35.2 Å². The number of ether oxygens (including phenoxy) is 1. The Hall–Kier alpha value is -2.18. The zero-order valence-corrected chi connectivity index (χ0v) is 15.5. The maximum atomic E-state index is 11.8. The van der Waals surface area contributed by atoms with E-state index in [-0.39, 0.29) is 18.3 Å². The van der Waals surface area contributed by atoms with Gasteiger partial charge in [-0.15, -0.1) is 11.8 Å². The number of halogens is 1. The van der Waals surface area contributed by atoms with Crippen molar-refractivity contribution in [3.63, 3.8) is 0 Å². The molecule has 0 spiro atoms. The Morgan fingerprint density at radius 2 is 1.80 bits per heavy atom. The second-order valence-corrected chi connectivity index (χ2v) is 6.80. The van der Waals surface area contributed by atoms with E-state index in [0.717, 1.165) is 10.5 Å². The van der Waals surface area contributed by atoms with Gasteiger partial charge in [0.15, 0.2) is 6.61 Å². The Morgan fingerprint density at radius 3 is 2.52 bits per heavy atom. The topological polar surface area (TPSA) is 67.4 Å². The molecular formula is C18H19ClN2O3S. The number of carbonyl (C=O) groups is 2. The number of hydrazine groups is 1. The number of aryl methyl sites for hydroxylation is 2. The molecule has 0 atom stereocenters. The van der Waals surface area contributed by atoms with Crippen molar-refractivity contribution in [2.75, 3.05) is 12.4 Å². The quantitative estimate of drug-likeness (QED) is 0.598. The van der Waals surface area contributed by atoms with E-state index < -0.39 is 5.91 Å². The van der Waals surface area contributed by atoms with E-state index in [0.29, 0.717) is 10.8 Å². The summed E-state index contributed by atoms with van der Waals surface area (Å²) >= 11 is 7.34. The minimum atomic E-state index is -0.468. The highest BCUT2D eigenvalue weighted by molar-refractivity contribution is 8.00. The number of rotatable bonds is 6. The Kier molecular flexibility index (Phi) is 7.16. The number of amides is 2. The van der Waals surface area contributed by atoms with Crippen LogP contribution in [0.3, 0.4) is 0 Å². The van der Waals surface area contributed by atoms with Crippen LogP contribution in [-0.2, 0) is 9.59 Å². The Balaban J connectivity index is 1.70. The third-order valence-corrected chi connectivity index (χ3v) is 4.71. The summed E-state index contributed by atoms with van der Waals surface area (Å²) in [7, 11) is 0. The van der Waals surface area contributed by atoms with Crippen molar-refractivity contribution in [1.82, 2.24) is 10.9 Å². The smallest absolute Gasteiger partial charge is 0.276 e. The summed E-state index contributed by atoms with van der Waals surface area (Å²) in [5.74, 6) is -0.146. The molecule has 7 heteroatoms. The first-order chi connectivity index (χ1) is 12.0. The molecule has 2 aromatic carbocycles. The molecule has 2 aromatic rings. The Labute approximate surface area is 156 Å². The van der Waals surface area contributed by atoms with Gasteiger partial charge in [-0.3, -0.25) is 20.4 Å². The summed E-state index contributed by atoms with van der Waals surface area (Å²) in [6, 6.07) is 12.9. The van der Waals surface area contributed by atoms with Gasteiger partial charge in [0.2, 0.25) is 5.91 Å². The van der Waals surface area contributed by atoms with Gasteiger partial charge in [0.1, 0.15) is 5.75 Å². The molecule has 25 heavy (non-hydrogen) atoms. The van der Waals surface area contributed by atoms with Crippen LogP contribution in [-0.4, -0.2) is 24.2 Å². The van der Waals surface area contributed by atoms with Crippen molar-refractivity contribution in [2.24, 2.45) is 0 Å². The van der Waals surface area contributed by atoms with E-state index in [1.165, 1.54) is 17.3 Å². The van der Waals surface area contributed by atoms with Crippen molar-refractivity contribution in [3.8, 4) is 5.75 Å². The summed E-state index contributed by atoms with van der Waals surface area (Å²) in [5, 5.41) is 0.421. The van der Waals surface area contributed by atoms with Crippen LogP contribution in [0.5, 0.6) is 5.75 Å². The zero-order valence-electron chi connectivity index (χ0n) is 14.0. The number of hydrogen-bond donors (Lipinski definition) is 2. The van der Waals surface area contributed by atoms with Gasteiger partial charge >= 0.3 is 0 Å². The zero-order chi connectivity index (χ0) is 18.2. The van der Waals surface area contributed by atoms with Crippen LogP contribution in [0.2, 0.25) is 5.02 Å². The van der Waals surface area contributed by atoms with Crippen LogP contribution in [0.25, 0.3) is 0 Å². The fourth-order valence-electron chi connectivity index (χ4n) is 2.02. The van der Waals surface area contributed by atoms with Crippen molar-refractivity contribution in [1.29, 1.82) is 0 Å². The maximum Gasteiger partial charge on any atom is 0.276 e. The lowest BCUT2D eigenvalue weighted by Crippen LogP contribution is -2.44. The molecule has 0 fully saturated rings. The highest BCUT2D eigenvalue weighted by Gasteiger charge is 2.08. The first-order valence-corrected chi connectivity index (χ1v) is 8.97. The van der Waals surface area contributed by atoms with Crippen molar-refractivity contribution in [3.05, 3.63) is 58.6 Å². The molecule has 0 aliphatic heterocycles. The lowest BCUT2D eigenvalue weighted by Gasteiger charge is -2.10. The van der Waals surface area contributed by atoms with Gasteiger partial charge < -0.3 is 4.74 Å². The van der Waals surface area contributed by atoms with E-state index in [4.69, 9.17) is 16.3 Å². The largest absolute Gasteiger partial charge is 0.482 e. The summed E-state index contributed by atoms with van der Waals surface area (Å²) < 4.78 is 5.29. The first kappa shape index (κ1) is 19.1. The second-order valence-electron chi connectivity index (χ2n) is 5.37. The van der Waals surface area contributed by atoms with Gasteiger partial charge in [0.05, 0.1) is 10.8 Å². The van der Waals surface area contributed by atoms with Crippen LogP contribution in [0.15, 0.2) is 47.4 Å². The van der Waals surface area contributed by atoms with Crippen LogP contribution >= 0.6 is 23.4 Å². The molecule has 2 amide bonds. The SMILES string of the molecule is Cc1ccc(SCC(=O)NNC(=O)COc2ccccc2Cl)c(C)c1. The molecule has 0 unspecified atom stereocenters. The normalized spacial score (nSPS) is 10.2. The fraction of sp³-hybridized carbons (Fsp3) is 0.222. The molecule has 0 aromatic heterocycles. The molecule has 0 aliphatic rings. The highest BCUT2D eigenvalue weighted by atomic mass is 35.5. The van der Waals surface area contributed by atoms with Gasteiger partial charge in [-0.25, -0.2) is 0 Å². The predicted molar refractivity (Wildman–Crippen MR) is 99.9 cm³/mol. The molecule has 0 bridgehead atoms. The summed E-state index contributed by atoms with van der Waals surface area (Å²) in [4.78, 5) is 24.6. The molecule has 2 rings (SSSR count). The van der Waals surface area contributed by atoms with Gasteiger partial charge in [0.25, 0.3) is 5.91 Å². The predicted octanol–water partition coefficient (Wildman–Crippen LogP) is 3.28. The first-order valence-electron chi connectivity index (χ1n) is 7.61. The maximum absolute atomic E-state index is 11.8. The summed E-state index contributed by atoms with van der Waals surface area (Å²) in [5.41, 5.74) is 6.97. The molecule has 5 nitrogen and oxygen atoms in total. The number of nitrogens with one attached hydrogen (secondary N) is 2. The molecule has 0 saturated carbocycles. The van der Waals surface area contributed by atoms with E-state index >= 15 is 0 Å². The molecule has 132 valence electrons. The molecule has 0 aliphatic carbocycles. The number of benzene rings is 2. The van der Waals surface area contributed by atoms with Gasteiger partial charge in [-0.2, -0.15) is 0 Å². The third-order valence-electron chi connectivity index (χ3n) is 3.23. The van der Waals surface area contributed by atoms with Crippen LogP contribution in [0.1, 0.15) is 11.1 Å². The Morgan fingerprint density at radius 1 is 1.08 bits per heavy atom. The van der Waals surface area contributed by atoms with Gasteiger partial charge in [-0.1, -0.05) is 41.4 Å². The fourth-order valence-corrected chi connectivity index (χ4v) is 3.02. The lowest BCUT2D eigenvalue weighted by atomic mass is 10.2. The van der Waals surface area contributed by atoms with Crippen LogP contribution in [0, 0.1) is 13.8 Å². The molecule has 0 saturated heterocycles. The number of carbonyl (C=O) groups excluding carboxylic acids is 2. The average Bonchev–Trinajstić information content (AvgIpc) is 2.58. The minimum Gasteiger partial charge on any atom is -0.482 e. The van der Waals surface area contributed by atoms with Gasteiger partial charge in [0, 0.05) is 4.90 Å². The second kappa shape index (κ2) is 9.34. The average molecular weight is 379 g/mol. The monoisotopic (exact) mass is 378 g/mol. The van der Waals surface area contributed by atoms with E-state index in [2.05, 4.69) is 16.9 Å². The number of thioether (sulfide) groups is 1. The lowest BCUT2D eigenvalue weighted by molar-refractivity contribution is -0.128. The number of hydrogen-bond acceptors (Lipinski definition) is 4. The summed E-state index contributed by atoms with van der Waals surface area (Å²) in [6.07, 6.45) is 0. The van der Waals surface area contributed by atoms with E-state index in [1.807, 2.05) is 26.0 Å². The summed E-state index contributed by atoms with van der Waals surface area (Å²) in [6.45, 7) is 3.78. The van der Waals surface area contributed by atoms with E-state index in [1.54, 1.807) is 24.3 Å². The Bertz CT molecular complexity index is 768. The third kappa shape index (κ3) is 6.32. The molecule has 0 radical (unpaired) electrons. The molecular weight excluding hydrogens is 360 g/mol. The highest BCUT2D eigenvalue weighted by Crippen LogP contribution is 2.23. The molecule has 0 heterocycles. The van der Waals surface area contributed by atoms with Crippen LogP contribution in [0.4, 0.5) is 0 Å². The van der Waals surface area contributed by atoms with Gasteiger partial charge in [-0.05, 0) is 37.6 Å². The molecule has 2 N–H and O–H groups in total. The number of para-hydroxylation sites is 1. The van der Waals surface area contributed by atoms with Crippen molar-refractivity contribution < 1.29 is 14.3 Å². The van der Waals surface area contributed by atoms with Crippen molar-refractivity contribution in [2.45, 2.75) is 18.7 Å². The minimum absolute atomic E-state index is 0.204. The van der Waals surface area contributed by atoms with Crippen LogP contribution < -0.4 is 15.6 Å². The van der Waals surface area contributed by atoms with E-state index in [9.17, 15) is 9.59 Å². The standard InChI is InChI=1S/C18H19ClN2O3S/c1-12-7-8-16(13(2)9-12)25-11-18(23)21-20-17(22)10-24-15-6-4-3-5-14(15)19/h3-9H,10-11H2,1-2H3,(H,20,22)(H,21,23).